The van der Waals surface area contributed by atoms with E-state index in [2.05, 4.69) is 5.32 Å². The highest BCUT2D eigenvalue weighted by Gasteiger charge is 2.28. The Morgan fingerprint density at radius 3 is 2.64 bits per heavy atom. The summed E-state index contributed by atoms with van der Waals surface area (Å²) in [5, 5.41) is 3.30. The average molecular weight is 301 g/mol. The van der Waals surface area contributed by atoms with E-state index in [0.29, 0.717) is 13.2 Å². The molecule has 1 heterocycles. The van der Waals surface area contributed by atoms with E-state index in [0.717, 1.165) is 12.1 Å². The van der Waals surface area contributed by atoms with Crippen molar-refractivity contribution in [2.24, 2.45) is 0 Å². The van der Waals surface area contributed by atoms with Crippen molar-refractivity contribution in [3.8, 4) is 5.75 Å². The number of aryl methyl sites for hydroxylation is 1. The van der Waals surface area contributed by atoms with E-state index in [-0.39, 0.29) is 23.8 Å². The van der Waals surface area contributed by atoms with Gasteiger partial charge >= 0.3 is 0 Å². The average Bonchev–Trinajstić information content (AvgIpc) is 2.56. The van der Waals surface area contributed by atoms with Gasteiger partial charge in [-0.15, -0.1) is 0 Å². The fourth-order valence-corrected chi connectivity index (χ4v) is 2.57. The van der Waals surface area contributed by atoms with Gasteiger partial charge in [-0.05, 0) is 24.6 Å². The van der Waals surface area contributed by atoms with Crippen LogP contribution in [0.25, 0.3) is 0 Å². The Balaban J connectivity index is 1.88. The SMILES string of the molecule is Cc1ccc([C@H](Oc2ccccc2F)[C@@H]2CNCCO2)cc1. The second-order valence-corrected chi connectivity index (χ2v) is 5.49. The summed E-state index contributed by atoms with van der Waals surface area (Å²) in [6, 6.07) is 14.6. The van der Waals surface area contributed by atoms with Crippen molar-refractivity contribution in [1.29, 1.82) is 0 Å². The molecule has 3 nitrogen and oxygen atoms in total. The van der Waals surface area contributed by atoms with Crippen molar-refractivity contribution in [3.63, 3.8) is 0 Å². The maximum atomic E-state index is 13.9. The van der Waals surface area contributed by atoms with Gasteiger partial charge in [-0.2, -0.15) is 0 Å². The third kappa shape index (κ3) is 3.46. The van der Waals surface area contributed by atoms with Crippen molar-refractivity contribution in [3.05, 3.63) is 65.5 Å². The Labute approximate surface area is 130 Å². The zero-order valence-electron chi connectivity index (χ0n) is 12.6. The van der Waals surface area contributed by atoms with Gasteiger partial charge in [0.2, 0.25) is 0 Å². The van der Waals surface area contributed by atoms with E-state index in [1.807, 2.05) is 31.2 Å². The number of hydrogen-bond acceptors (Lipinski definition) is 3. The normalized spacial score (nSPS) is 19.6. The zero-order chi connectivity index (χ0) is 15.4. The first-order valence-electron chi connectivity index (χ1n) is 7.54. The third-order valence-corrected chi connectivity index (χ3v) is 3.79. The maximum absolute atomic E-state index is 13.9. The fourth-order valence-electron chi connectivity index (χ4n) is 2.57. The van der Waals surface area contributed by atoms with Crippen molar-refractivity contribution in [2.75, 3.05) is 19.7 Å². The highest BCUT2D eigenvalue weighted by Crippen LogP contribution is 2.29. The molecule has 0 aliphatic carbocycles. The summed E-state index contributed by atoms with van der Waals surface area (Å²) < 4.78 is 25.7. The number of halogens is 1. The molecule has 1 saturated heterocycles. The molecule has 22 heavy (non-hydrogen) atoms. The van der Waals surface area contributed by atoms with Crippen molar-refractivity contribution >= 4 is 0 Å². The molecule has 2 atom stereocenters. The number of nitrogens with one attached hydrogen (secondary N) is 1. The first kappa shape index (κ1) is 15.0. The van der Waals surface area contributed by atoms with Gasteiger partial charge in [0, 0.05) is 13.1 Å². The Kier molecular flexibility index (Phi) is 4.71. The Bertz CT molecular complexity index is 609. The monoisotopic (exact) mass is 301 g/mol. The maximum Gasteiger partial charge on any atom is 0.165 e. The van der Waals surface area contributed by atoms with E-state index in [9.17, 15) is 4.39 Å². The molecule has 0 spiro atoms. The minimum Gasteiger partial charge on any atom is -0.480 e. The number of ether oxygens (including phenoxy) is 2. The summed E-state index contributed by atoms with van der Waals surface area (Å²) in [7, 11) is 0. The number of morpholine rings is 1. The van der Waals surface area contributed by atoms with Crippen LogP contribution in [0.3, 0.4) is 0 Å². The molecule has 4 heteroatoms. The van der Waals surface area contributed by atoms with Crippen LogP contribution in [0, 0.1) is 12.7 Å². The summed E-state index contributed by atoms with van der Waals surface area (Å²) in [4.78, 5) is 0. The molecule has 3 rings (SSSR count). The molecular weight excluding hydrogens is 281 g/mol. The summed E-state index contributed by atoms with van der Waals surface area (Å²) in [6.45, 7) is 4.19. The highest BCUT2D eigenvalue weighted by atomic mass is 19.1. The van der Waals surface area contributed by atoms with Crippen molar-refractivity contribution < 1.29 is 13.9 Å². The minimum absolute atomic E-state index is 0.143. The van der Waals surface area contributed by atoms with E-state index < -0.39 is 0 Å². The Morgan fingerprint density at radius 1 is 1.18 bits per heavy atom. The van der Waals surface area contributed by atoms with Gasteiger partial charge in [0.1, 0.15) is 6.10 Å². The summed E-state index contributed by atoms with van der Waals surface area (Å²) in [5.41, 5.74) is 2.17. The first-order valence-corrected chi connectivity index (χ1v) is 7.54. The standard InChI is InChI=1S/C18H20FNO2/c1-13-6-8-14(9-7-13)18(17-12-20-10-11-21-17)22-16-5-3-2-4-15(16)19/h2-9,17-18,20H,10-12H2,1H3/t17-,18-/m0/s1. The molecular formula is C18H20FNO2. The molecule has 0 aromatic heterocycles. The van der Waals surface area contributed by atoms with Crippen LogP contribution in [-0.2, 0) is 4.74 Å². The number of benzene rings is 2. The molecule has 0 unspecified atom stereocenters. The summed E-state index contributed by atoms with van der Waals surface area (Å²) in [6.07, 6.45) is -0.485. The van der Waals surface area contributed by atoms with Crippen molar-refractivity contribution in [2.45, 2.75) is 19.1 Å². The first-order chi connectivity index (χ1) is 10.7. The molecule has 1 N–H and O–H groups in total. The van der Waals surface area contributed by atoms with E-state index >= 15 is 0 Å². The lowest BCUT2D eigenvalue weighted by molar-refractivity contribution is -0.0442. The molecule has 1 aliphatic rings. The third-order valence-electron chi connectivity index (χ3n) is 3.79. The minimum atomic E-state index is -0.358. The summed E-state index contributed by atoms with van der Waals surface area (Å²) in [5.74, 6) is -0.106. The second kappa shape index (κ2) is 6.90. The van der Waals surface area contributed by atoms with Crippen LogP contribution in [0.2, 0.25) is 0 Å². The molecule has 0 radical (unpaired) electrons. The van der Waals surface area contributed by atoms with Crippen LogP contribution in [0.5, 0.6) is 5.75 Å². The van der Waals surface area contributed by atoms with Gasteiger partial charge in [0.05, 0.1) is 6.61 Å². The topological polar surface area (TPSA) is 30.5 Å². The van der Waals surface area contributed by atoms with Gasteiger partial charge in [-0.25, -0.2) is 4.39 Å². The highest BCUT2D eigenvalue weighted by molar-refractivity contribution is 5.28. The smallest absolute Gasteiger partial charge is 0.165 e. The molecule has 116 valence electrons. The number of hydrogen-bond donors (Lipinski definition) is 1. The zero-order valence-corrected chi connectivity index (χ0v) is 12.6. The van der Waals surface area contributed by atoms with Crippen LogP contribution in [0.15, 0.2) is 48.5 Å². The van der Waals surface area contributed by atoms with Crippen LogP contribution in [-0.4, -0.2) is 25.8 Å². The van der Waals surface area contributed by atoms with Gasteiger partial charge < -0.3 is 14.8 Å². The predicted molar refractivity (Wildman–Crippen MR) is 83.6 cm³/mol. The van der Waals surface area contributed by atoms with Crippen LogP contribution >= 0.6 is 0 Å². The van der Waals surface area contributed by atoms with Gasteiger partial charge in [-0.1, -0.05) is 42.0 Å². The predicted octanol–water partition coefficient (Wildman–Crippen LogP) is 3.24. The molecule has 0 saturated carbocycles. The van der Waals surface area contributed by atoms with Gasteiger partial charge in [0.25, 0.3) is 0 Å². The second-order valence-electron chi connectivity index (χ2n) is 5.49. The number of para-hydroxylation sites is 1. The van der Waals surface area contributed by atoms with Crippen LogP contribution < -0.4 is 10.1 Å². The van der Waals surface area contributed by atoms with Crippen LogP contribution in [0.4, 0.5) is 4.39 Å². The summed E-state index contributed by atoms with van der Waals surface area (Å²) >= 11 is 0. The molecule has 1 fully saturated rings. The Hall–Kier alpha value is -1.91. The van der Waals surface area contributed by atoms with E-state index in [1.165, 1.54) is 11.6 Å². The molecule has 2 aromatic carbocycles. The fraction of sp³-hybridized carbons (Fsp3) is 0.333. The molecule has 0 amide bonds. The molecule has 2 aromatic rings. The van der Waals surface area contributed by atoms with Gasteiger partial charge in [-0.3, -0.25) is 0 Å². The van der Waals surface area contributed by atoms with Crippen molar-refractivity contribution in [1.82, 2.24) is 5.32 Å². The quantitative estimate of drug-likeness (QED) is 0.940. The lowest BCUT2D eigenvalue weighted by Gasteiger charge is -2.31. The molecule has 1 aliphatic heterocycles. The Morgan fingerprint density at radius 2 is 1.95 bits per heavy atom. The van der Waals surface area contributed by atoms with E-state index in [1.54, 1.807) is 18.2 Å². The lowest BCUT2D eigenvalue weighted by atomic mass is 10.0. The van der Waals surface area contributed by atoms with Crippen LogP contribution in [0.1, 0.15) is 17.2 Å². The number of rotatable bonds is 4. The van der Waals surface area contributed by atoms with Gasteiger partial charge in [0.15, 0.2) is 17.7 Å². The largest absolute Gasteiger partial charge is 0.480 e. The van der Waals surface area contributed by atoms with E-state index in [4.69, 9.17) is 9.47 Å². The molecule has 0 bridgehead atoms. The lowest BCUT2D eigenvalue weighted by Crippen LogP contribution is -2.43.